The normalized spacial score (nSPS) is 10.5. The van der Waals surface area contributed by atoms with E-state index in [0.717, 1.165) is 17.7 Å². The number of pyridine rings is 1. The highest BCUT2D eigenvalue weighted by Gasteiger charge is 2.12. The third-order valence-corrected chi connectivity index (χ3v) is 2.93. The van der Waals surface area contributed by atoms with Crippen molar-refractivity contribution in [1.29, 1.82) is 0 Å². The molecule has 0 saturated heterocycles. The number of nitrogens with zero attached hydrogens (tertiary/aromatic N) is 1. The van der Waals surface area contributed by atoms with E-state index in [4.69, 9.17) is 0 Å². The highest BCUT2D eigenvalue weighted by molar-refractivity contribution is 5.98. The fraction of sp³-hybridized carbons (Fsp3) is 0.200. The molecule has 1 aromatic carbocycles. The molecule has 4 heteroatoms. The second kappa shape index (κ2) is 5.69. The number of ketones is 1. The molecule has 0 unspecified atom stereocenters. The summed E-state index contributed by atoms with van der Waals surface area (Å²) in [6.07, 6.45) is 3.96. The van der Waals surface area contributed by atoms with Crippen molar-refractivity contribution in [3.05, 3.63) is 65.0 Å². The summed E-state index contributed by atoms with van der Waals surface area (Å²) in [5, 5.41) is 0. The highest BCUT2D eigenvalue weighted by atomic mass is 19.2. The Hall–Kier alpha value is -2.10. The first-order chi connectivity index (χ1) is 9.11. The maximum Gasteiger partial charge on any atom is 0.167 e. The van der Waals surface area contributed by atoms with Crippen LogP contribution in [0.5, 0.6) is 0 Å². The standard InChI is InChI=1S/C15H13F2NO/c1-2-11-9-18-6-5-12(11)15(19)8-10-3-4-13(16)14(17)7-10/h3-7,9H,2,8H2,1H3. The van der Waals surface area contributed by atoms with E-state index in [0.29, 0.717) is 17.5 Å². The fourth-order valence-electron chi connectivity index (χ4n) is 1.91. The van der Waals surface area contributed by atoms with Gasteiger partial charge in [0.2, 0.25) is 0 Å². The van der Waals surface area contributed by atoms with Crippen LogP contribution in [0.15, 0.2) is 36.7 Å². The summed E-state index contributed by atoms with van der Waals surface area (Å²) in [6, 6.07) is 5.16. The summed E-state index contributed by atoms with van der Waals surface area (Å²) >= 11 is 0. The predicted molar refractivity (Wildman–Crippen MR) is 68.0 cm³/mol. The molecule has 98 valence electrons. The minimum Gasteiger partial charge on any atom is -0.294 e. The largest absolute Gasteiger partial charge is 0.294 e. The molecule has 0 aliphatic carbocycles. The predicted octanol–water partition coefficient (Wildman–Crippen LogP) is 3.35. The van der Waals surface area contributed by atoms with E-state index in [1.165, 1.54) is 6.07 Å². The zero-order chi connectivity index (χ0) is 13.8. The van der Waals surface area contributed by atoms with E-state index >= 15 is 0 Å². The quantitative estimate of drug-likeness (QED) is 0.790. The third kappa shape index (κ3) is 3.02. The first-order valence-corrected chi connectivity index (χ1v) is 6.01. The van der Waals surface area contributed by atoms with Crippen LogP contribution in [0.4, 0.5) is 8.78 Å². The van der Waals surface area contributed by atoms with E-state index in [2.05, 4.69) is 4.98 Å². The molecule has 2 aromatic rings. The van der Waals surface area contributed by atoms with E-state index < -0.39 is 11.6 Å². The molecule has 0 amide bonds. The van der Waals surface area contributed by atoms with E-state index in [-0.39, 0.29) is 12.2 Å². The lowest BCUT2D eigenvalue weighted by atomic mass is 9.99. The first-order valence-electron chi connectivity index (χ1n) is 6.01. The van der Waals surface area contributed by atoms with Gasteiger partial charge < -0.3 is 0 Å². The molecule has 0 spiro atoms. The second-order valence-corrected chi connectivity index (χ2v) is 4.23. The van der Waals surface area contributed by atoms with Gasteiger partial charge in [-0.15, -0.1) is 0 Å². The van der Waals surface area contributed by atoms with Crippen molar-refractivity contribution < 1.29 is 13.6 Å². The molecule has 1 heterocycles. The molecular formula is C15H13F2NO. The Morgan fingerprint density at radius 1 is 1.21 bits per heavy atom. The molecule has 0 aliphatic heterocycles. The smallest absolute Gasteiger partial charge is 0.167 e. The van der Waals surface area contributed by atoms with E-state index in [1.54, 1.807) is 18.5 Å². The topological polar surface area (TPSA) is 30.0 Å². The first kappa shape index (κ1) is 13.3. The van der Waals surface area contributed by atoms with E-state index in [1.807, 2.05) is 6.92 Å². The van der Waals surface area contributed by atoms with Crippen LogP contribution in [0.3, 0.4) is 0 Å². The van der Waals surface area contributed by atoms with Gasteiger partial charge in [0.05, 0.1) is 0 Å². The SMILES string of the molecule is CCc1cnccc1C(=O)Cc1ccc(F)c(F)c1. The molecule has 2 nitrogen and oxygen atoms in total. The Morgan fingerprint density at radius 3 is 2.68 bits per heavy atom. The van der Waals surface area contributed by atoms with Crippen molar-refractivity contribution in [3.63, 3.8) is 0 Å². The Bertz CT molecular complexity index is 611. The fourth-order valence-corrected chi connectivity index (χ4v) is 1.91. The minimum atomic E-state index is -0.934. The van der Waals surface area contributed by atoms with Gasteiger partial charge in [-0.1, -0.05) is 13.0 Å². The number of Topliss-reactive ketones (excluding diaryl/α,β-unsaturated/α-hetero) is 1. The maximum absolute atomic E-state index is 13.1. The molecule has 0 N–H and O–H groups in total. The molecule has 0 atom stereocenters. The number of rotatable bonds is 4. The van der Waals surface area contributed by atoms with Crippen molar-refractivity contribution in [3.8, 4) is 0 Å². The van der Waals surface area contributed by atoms with Gasteiger partial charge in [-0.05, 0) is 35.7 Å². The van der Waals surface area contributed by atoms with Crippen molar-refractivity contribution >= 4 is 5.78 Å². The van der Waals surface area contributed by atoms with Crippen LogP contribution in [0.2, 0.25) is 0 Å². The molecule has 0 bridgehead atoms. The van der Waals surface area contributed by atoms with Crippen molar-refractivity contribution in [2.45, 2.75) is 19.8 Å². The molecule has 2 rings (SSSR count). The number of aromatic nitrogens is 1. The van der Waals surface area contributed by atoms with Gasteiger partial charge in [0.1, 0.15) is 0 Å². The zero-order valence-corrected chi connectivity index (χ0v) is 10.5. The Balaban J connectivity index is 2.23. The van der Waals surface area contributed by atoms with Crippen LogP contribution in [0.1, 0.15) is 28.4 Å². The molecule has 1 aromatic heterocycles. The average Bonchev–Trinajstić information content (AvgIpc) is 2.43. The molecule has 0 aliphatic rings. The average molecular weight is 261 g/mol. The van der Waals surface area contributed by atoms with Gasteiger partial charge in [0.25, 0.3) is 0 Å². The summed E-state index contributed by atoms with van der Waals surface area (Å²) in [6.45, 7) is 1.94. The minimum absolute atomic E-state index is 0.0498. The van der Waals surface area contributed by atoms with Crippen LogP contribution in [0, 0.1) is 11.6 Å². The summed E-state index contributed by atoms with van der Waals surface area (Å²) < 4.78 is 25.9. The summed E-state index contributed by atoms with van der Waals surface area (Å²) in [5.41, 5.74) is 1.90. The van der Waals surface area contributed by atoms with Crippen LogP contribution in [-0.2, 0) is 12.8 Å². The van der Waals surface area contributed by atoms with Crippen LogP contribution >= 0.6 is 0 Å². The number of carbonyl (C=O) groups is 1. The number of aryl methyl sites for hydroxylation is 1. The van der Waals surface area contributed by atoms with Crippen LogP contribution in [-0.4, -0.2) is 10.8 Å². The number of hydrogen-bond acceptors (Lipinski definition) is 2. The van der Waals surface area contributed by atoms with Gasteiger partial charge in [-0.25, -0.2) is 8.78 Å². The lowest BCUT2D eigenvalue weighted by Crippen LogP contribution is -2.07. The van der Waals surface area contributed by atoms with Crippen molar-refractivity contribution in [1.82, 2.24) is 4.98 Å². The lowest BCUT2D eigenvalue weighted by Gasteiger charge is -2.06. The molecular weight excluding hydrogens is 248 g/mol. The number of hydrogen-bond donors (Lipinski definition) is 0. The number of benzene rings is 1. The molecule has 0 radical (unpaired) electrons. The van der Waals surface area contributed by atoms with E-state index in [9.17, 15) is 13.6 Å². The van der Waals surface area contributed by atoms with Gasteiger partial charge in [0.15, 0.2) is 17.4 Å². The third-order valence-electron chi connectivity index (χ3n) is 2.93. The van der Waals surface area contributed by atoms with Crippen LogP contribution in [0.25, 0.3) is 0 Å². The summed E-state index contributed by atoms with van der Waals surface area (Å²) in [4.78, 5) is 16.1. The summed E-state index contributed by atoms with van der Waals surface area (Å²) in [7, 11) is 0. The maximum atomic E-state index is 13.1. The van der Waals surface area contributed by atoms with Crippen LogP contribution < -0.4 is 0 Å². The van der Waals surface area contributed by atoms with Gasteiger partial charge >= 0.3 is 0 Å². The Labute approximate surface area is 110 Å². The molecule has 0 saturated carbocycles. The number of halogens is 2. The monoisotopic (exact) mass is 261 g/mol. The molecule has 19 heavy (non-hydrogen) atoms. The van der Waals surface area contributed by atoms with Gasteiger partial charge in [-0.3, -0.25) is 9.78 Å². The van der Waals surface area contributed by atoms with Crippen molar-refractivity contribution in [2.24, 2.45) is 0 Å². The van der Waals surface area contributed by atoms with Gasteiger partial charge in [0, 0.05) is 24.4 Å². The Kier molecular flexibility index (Phi) is 4.00. The van der Waals surface area contributed by atoms with Crippen molar-refractivity contribution in [2.75, 3.05) is 0 Å². The Morgan fingerprint density at radius 2 is 2.00 bits per heavy atom. The lowest BCUT2D eigenvalue weighted by molar-refractivity contribution is 0.0992. The molecule has 0 fully saturated rings. The second-order valence-electron chi connectivity index (χ2n) is 4.23. The summed E-state index contributed by atoms with van der Waals surface area (Å²) in [5.74, 6) is -1.96. The highest BCUT2D eigenvalue weighted by Crippen LogP contribution is 2.14. The van der Waals surface area contributed by atoms with Gasteiger partial charge in [-0.2, -0.15) is 0 Å². The number of carbonyl (C=O) groups excluding carboxylic acids is 1. The zero-order valence-electron chi connectivity index (χ0n) is 10.5.